The number of carboxylic acids is 1. The molecule has 0 unspecified atom stereocenters. The molecule has 0 aliphatic heterocycles. The van der Waals surface area contributed by atoms with Crippen LogP contribution in [0.15, 0.2) is 48.5 Å². The first-order valence-corrected chi connectivity index (χ1v) is 12.2. The van der Waals surface area contributed by atoms with Gasteiger partial charge in [0.1, 0.15) is 6.61 Å². The molecule has 1 fully saturated rings. The second-order valence-corrected chi connectivity index (χ2v) is 9.29. The summed E-state index contributed by atoms with van der Waals surface area (Å²) in [6, 6.07) is 16.3. The van der Waals surface area contributed by atoms with Gasteiger partial charge in [0.05, 0.1) is 0 Å². The monoisotopic (exact) mass is 480 g/mol. The number of amides is 2. The zero-order valence-electron chi connectivity index (χ0n) is 19.6. The maximum atomic E-state index is 12.7. The summed E-state index contributed by atoms with van der Waals surface area (Å²) >= 11 is 0. The fourth-order valence-corrected chi connectivity index (χ4v) is 5.25. The molecule has 2 aliphatic rings. The molecule has 3 atom stereocenters. The van der Waals surface area contributed by atoms with Crippen molar-refractivity contribution in [3.05, 3.63) is 59.7 Å². The van der Waals surface area contributed by atoms with Gasteiger partial charge in [0.2, 0.25) is 5.91 Å². The fourth-order valence-electron chi connectivity index (χ4n) is 5.25. The minimum absolute atomic E-state index is 0.0116. The summed E-state index contributed by atoms with van der Waals surface area (Å²) in [5.41, 5.74) is 4.64. The SMILES string of the molecule is O=C(NC[C@@H]1CCCC[C@@H]1C(=O)NCC[C@H](O)C(=O)O)OCC1c2ccccc2-c2ccccc21. The van der Waals surface area contributed by atoms with E-state index in [-0.39, 0.29) is 43.2 Å². The molecule has 0 saturated heterocycles. The van der Waals surface area contributed by atoms with E-state index in [1.165, 1.54) is 11.1 Å². The van der Waals surface area contributed by atoms with Crippen LogP contribution >= 0.6 is 0 Å². The molecule has 2 aliphatic carbocycles. The summed E-state index contributed by atoms with van der Waals surface area (Å²) in [5.74, 6) is -1.76. The lowest BCUT2D eigenvalue weighted by atomic mass is 9.78. The van der Waals surface area contributed by atoms with Crippen molar-refractivity contribution >= 4 is 18.0 Å². The van der Waals surface area contributed by atoms with Crippen LogP contribution in [-0.4, -0.2) is 54.0 Å². The standard InChI is InChI=1S/C27H32N2O6/c30-24(26(32)33)13-14-28-25(31)18-8-2-1-7-17(18)15-29-27(34)35-16-23-21-11-5-3-9-19(21)20-10-4-6-12-22(20)23/h3-6,9-12,17-18,23-24,30H,1-2,7-8,13-16H2,(H,28,31)(H,29,34)(H,32,33)/t17-,18-,24-/m0/s1. The normalized spacial score (nSPS) is 19.8. The van der Waals surface area contributed by atoms with Gasteiger partial charge in [-0.15, -0.1) is 0 Å². The van der Waals surface area contributed by atoms with Gasteiger partial charge in [-0.2, -0.15) is 0 Å². The van der Waals surface area contributed by atoms with E-state index in [2.05, 4.69) is 34.9 Å². The first-order valence-electron chi connectivity index (χ1n) is 12.2. The molecule has 0 bridgehead atoms. The quantitative estimate of drug-likeness (QED) is 0.437. The smallest absolute Gasteiger partial charge is 0.407 e. The van der Waals surface area contributed by atoms with Crippen molar-refractivity contribution in [2.75, 3.05) is 19.7 Å². The molecular formula is C27H32N2O6. The van der Waals surface area contributed by atoms with Gasteiger partial charge in [-0.05, 0) is 41.0 Å². The van der Waals surface area contributed by atoms with Crippen molar-refractivity contribution < 1.29 is 29.3 Å². The van der Waals surface area contributed by atoms with Crippen molar-refractivity contribution in [3.63, 3.8) is 0 Å². The predicted octanol–water partition coefficient (Wildman–Crippen LogP) is 3.28. The van der Waals surface area contributed by atoms with Gasteiger partial charge in [-0.3, -0.25) is 4.79 Å². The van der Waals surface area contributed by atoms with Crippen LogP contribution in [0.4, 0.5) is 4.79 Å². The number of aliphatic hydroxyl groups is 1. The molecule has 186 valence electrons. The molecule has 2 aromatic carbocycles. The lowest BCUT2D eigenvalue weighted by molar-refractivity contribution is -0.147. The van der Waals surface area contributed by atoms with E-state index >= 15 is 0 Å². The Balaban J connectivity index is 1.28. The lowest BCUT2D eigenvalue weighted by Crippen LogP contribution is -2.42. The zero-order chi connectivity index (χ0) is 24.8. The number of carbonyl (C=O) groups excluding carboxylic acids is 2. The zero-order valence-corrected chi connectivity index (χ0v) is 19.6. The van der Waals surface area contributed by atoms with Gasteiger partial charge in [-0.1, -0.05) is 61.4 Å². The number of fused-ring (bicyclic) bond motifs is 3. The van der Waals surface area contributed by atoms with Crippen LogP contribution in [0.1, 0.15) is 49.1 Å². The summed E-state index contributed by atoms with van der Waals surface area (Å²) in [5, 5.41) is 23.7. The third-order valence-corrected chi connectivity index (χ3v) is 7.10. The highest BCUT2D eigenvalue weighted by molar-refractivity contribution is 5.80. The first-order chi connectivity index (χ1) is 17.0. The molecule has 0 heterocycles. The van der Waals surface area contributed by atoms with Crippen molar-refractivity contribution in [1.82, 2.24) is 10.6 Å². The lowest BCUT2D eigenvalue weighted by Gasteiger charge is -2.30. The van der Waals surface area contributed by atoms with Crippen LogP contribution in [0, 0.1) is 11.8 Å². The molecule has 8 nitrogen and oxygen atoms in total. The molecular weight excluding hydrogens is 448 g/mol. The average molecular weight is 481 g/mol. The van der Waals surface area contributed by atoms with Crippen LogP contribution in [0.25, 0.3) is 11.1 Å². The van der Waals surface area contributed by atoms with Crippen molar-refractivity contribution in [2.24, 2.45) is 11.8 Å². The maximum Gasteiger partial charge on any atom is 0.407 e. The van der Waals surface area contributed by atoms with Crippen LogP contribution in [0.5, 0.6) is 0 Å². The summed E-state index contributed by atoms with van der Waals surface area (Å²) in [6.45, 7) is 0.669. The first kappa shape index (κ1) is 24.7. The highest BCUT2D eigenvalue weighted by Crippen LogP contribution is 2.44. The summed E-state index contributed by atoms with van der Waals surface area (Å²) < 4.78 is 5.61. The Morgan fingerprint density at radius 3 is 2.23 bits per heavy atom. The highest BCUT2D eigenvalue weighted by atomic mass is 16.5. The average Bonchev–Trinajstić information content (AvgIpc) is 3.20. The number of alkyl carbamates (subject to hydrolysis) is 1. The molecule has 2 amide bonds. The topological polar surface area (TPSA) is 125 Å². The Hall–Kier alpha value is -3.39. The number of aliphatic carboxylic acids is 1. The molecule has 0 radical (unpaired) electrons. The minimum Gasteiger partial charge on any atom is -0.479 e. The van der Waals surface area contributed by atoms with E-state index in [1.54, 1.807) is 0 Å². The molecule has 0 aromatic heterocycles. The van der Waals surface area contributed by atoms with Crippen molar-refractivity contribution in [3.8, 4) is 11.1 Å². The molecule has 4 rings (SSSR count). The minimum atomic E-state index is -1.49. The Bertz CT molecular complexity index is 1030. The number of aliphatic hydroxyl groups excluding tert-OH is 1. The highest BCUT2D eigenvalue weighted by Gasteiger charge is 2.32. The Morgan fingerprint density at radius 1 is 0.943 bits per heavy atom. The van der Waals surface area contributed by atoms with Gasteiger partial charge < -0.3 is 25.6 Å². The molecule has 1 saturated carbocycles. The third-order valence-electron chi connectivity index (χ3n) is 7.10. The fraction of sp³-hybridized carbons (Fsp3) is 0.444. The maximum absolute atomic E-state index is 12.7. The Kier molecular flexibility index (Phi) is 8.02. The van der Waals surface area contributed by atoms with Gasteiger partial charge in [0, 0.05) is 31.3 Å². The van der Waals surface area contributed by atoms with E-state index in [0.29, 0.717) is 13.0 Å². The molecule has 0 spiro atoms. The number of hydrogen-bond donors (Lipinski definition) is 4. The molecule has 2 aromatic rings. The number of nitrogens with one attached hydrogen (secondary N) is 2. The number of benzene rings is 2. The Morgan fingerprint density at radius 2 is 1.57 bits per heavy atom. The van der Waals surface area contributed by atoms with Crippen LogP contribution < -0.4 is 10.6 Å². The van der Waals surface area contributed by atoms with Crippen molar-refractivity contribution in [2.45, 2.75) is 44.1 Å². The summed E-state index contributed by atoms with van der Waals surface area (Å²) in [7, 11) is 0. The van der Waals surface area contributed by atoms with Crippen LogP contribution in [0.2, 0.25) is 0 Å². The van der Waals surface area contributed by atoms with Gasteiger partial charge in [0.25, 0.3) is 0 Å². The second kappa shape index (κ2) is 11.4. The van der Waals surface area contributed by atoms with Gasteiger partial charge in [-0.25, -0.2) is 9.59 Å². The van der Waals surface area contributed by atoms with E-state index in [0.717, 1.165) is 30.4 Å². The summed E-state index contributed by atoms with van der Waals surface area (Å²) in [4.78, 5) is 35.9. The number of carbonyl (C=O) groups is 3. The molecule has 35 heavy (non-hydrogen) atoms. The van der Waals surface area contributed by atoms with Crippen LogP contribution in [0.3, 0.4) is 0 Å². The van der Waals surface area contributed by atoms with Crippen LogP contribution in [-0.2, 0) is 14.3 Å². The van der Waals surface area contributed by atoms with Gasteiger partial charge in [0.15, 0.2) is 6.10 Å². The third kappa shape index (κ3) is 5.82. The summed E-state index contributed by atoms with van der Waals surface area (Å²) in [6.07, 6.45) is 1.41. The van der Waals surface area contributed by atoms with Crippen molar-refractivity contribution in [1.29, 1.82) is 0 Å². The van der Waals surface area contributed by atoms with E-state index in [9.17, 15) is 19.5 Å². The van der Waals surface area contributed by atoms with E-state index in [4.69, 9.17) is 9.84 Å². The Labute approximate surface area is 204 Å². The van der Waals surface area contributed by atoms with Gasteiger partial charge >= 0.3 is 12.1 Å². The number of carboxylic acid groups (broad SMARTS) is 1. The molecule has 4 N–H and O–H groups in total. The largest absolute Gasteiger partial charge is 0.479 e. The predicted molar refractivity (Wildman–Crippen MR) is 130 cm³/mol. The van der Waals surface area contributed by atoms with E-state index < -0.39 is 18.2 Å². The van der Waals surface area contributed by atoms with E-state index in [1.807, 2.05) is 24.3 Å². The molecule has 8 heteroatoms. The number of rotatable bonds is 9. The second-order valence-electron chi connectivity index (χ2n) is 9.29. The number of ether oxygens (including phenoxy) is 1. The number of hydrogen-bond acceptors (Lipinski definition) is 5.